The van der Waals surface area contributed by atoms with Gasteiger partial charge in [-0.15, -0.1) is 11.6 Å². The number of aromatic nitrogens is 2. The highest BCUT2D eigenvalue weighted by atomic mass is 35.5. The number of aliphatic hydroxyl groups excluding tert-OH is 2. The maximum absolute atomic E-state index is 11.9. The second-order valence-corrected chi connectivity index (χ2v) is 5.78. The fraction of sp³-hybridized carbons (Fsp3) is 0.714. The van der Waals surface area contributed by atoms with Crippen LogP contribution in [-0.2, 0) is 14.2 Å². The van der Waals surface area contributed by atoms with Crippen molar-refractivity contribution in [2.45, 2.75) is 31.5 Å². The average Bonchev–Trinajstić information content (AvgIpc) is 2.82. The predicted octanol–water partition coefficient (Wildman–Crippen LogP) is -1.26. The van der Waals surface area contributed by atoms with Gasteiger partial charge >= 0.3 is 5.69 Å². The van der Waals surface area contributed by atoms with E-state index in [0.29, 0.717) is 19.1 Å². The number of rotatable bonds is 8. The molecule has 0 aliphatic carbocycles. The number of hydrogen-bond donors (Lipinski definition) is 3. The zero-order valence-electron chi connectivity index (χ0n) is 13.2. The molecule has 1 aliphatic heterocycles. The molecule has 0 saturated carbocycles. The highest BCUT2D eigenvalue weighted by molar-refractivity contribution is 6.17. The van der Waals surface area contributed by atoms with Crippen LogP contribution in [0.2, 0.25) is 0 Å². The van der Waals surface area contributed by atoms with Crippen LogP contribution in [-0.4, -0.2) is 70.4 Å². The number of H-pyrrole nitrogens is 1. The van der Waals surface area contributed by atoms with E-state index < -0.39 is 35.8 Å². The molecule has 1 aromatic rings. The zero-order valence-corrected chi connectivity index (χ0v) is 13.9. The van der Waals surface area contributed by atoms with Gasteiger partial charge < -0.3 is 24.4 Å². The van der Waals surface area contributed by atoms with Gasteiger partial charge in [0.2, 0.25) is 0 Å². The Bertz CT molecular complexity index is 647. The van der Waals surface area contributed by atoms with Crippen molar-refractivity contribution in [2.75, 3.05) is 32.3 Å². The van der Waals surface area contributed by atoms with Gasteiger partial charge in [-0.3, -0.25) is 14.3 Å². The predicted molar refractivity (Wildman–Crippen MR) is 84.3 cm³/mol. The Morgan fingerprint density at radius 3 is 2.67 bits per heavy atom. The largest absolute Gasteiger partial charge is 0.387 e. The first-order chi connectivity index (χ1) is 11.5. The number of alkyl halides is 1. The summed E-state index contributed by atoms with van der Waals surface area (Å²) in [7, 11) is 0. The van der Waals surface area contributed by atoms with Crippen molar-refractivity contribution in [3.63, 3.8) is 0 Å². The smallest absolute Gasteiger partial charge is 0.330 e. The van der Waals surface area contributed by atoms with E-state index in [2.05, 4.69) is 4.98 Å². The van der Waals surface area contributed by atoms with Gasteiger partial charge in [0, 0.05) is 17.6 Å². The standard InChI is InChI=1S/C14H21ClN2O7/c1-8-6-17(14(21)16-12(8)20)13-11(19)10(18)9(24-13)7-23-5-4-22-3-2-15/h6,9-11,13,18-19H,2-5,7H2,1H3,(H,16,20,21)/t9-,10-,11-,13-/m1/s1. The molecule has 1 saturated heterocycles. The summed E-state index contributed by atoms with van der Waals surface area (Å²) in [4.78, 5) is 25.4. The van der Waals surface area contributed by atoms with E-state index in [-0.39, 0.29) is 18.8 Å². The Morgan fingerprint density at radius 2 is 1.96 bits per heavy atom. The van der Waals surface area contributed by atoms with Crippen LogP contribution in [0.25, 0.3) is 0 Å². The fourth-order valence-electron chi connectivity index (χ4n) is 2.35. The van der Waals surface area contributed by atoms with Crippen LogP contribution in [0.15, 0.2) is 15.8 Å². The third-order valence-corrected chi connectivity index (χ3v) is 3.79. The van der Waals surface area contributed by atoms with Crippen LogP contribution >= 0.6 is 11.6 Å². The second kappa shape index (κ2) is 8.75. The topological polar surface area (TPSA) is 123 Å². The van der Waals surface area contributed by atoms with Crippen molar-refractivity contribution < 1.29 is 24.4 Å². The monoisotopic (exact) mass is 364 g/mol. The molecular weight excluding hydrogens is 344 g/mol. The summed E-state index contributed by atoms with van der Waals surface area (Å²) < 4.78 is 17.0. The maximum atomic E-state index is 11.9. The second-order valence-electron chi connectivity index (χ2n) is 5.40. The highest BCUT2D eigenvalue weighted by Crippen LogP contribution is 2.28. The Hall–Kier alpha value is -1.23. The van der Waals surface area contributed by atoms with Gasteiger partial charge in [0.1, 0.15) is 18.3 Å². The molecule has 1 aliphatic rings. The summed E-state index contributed by atoms with van der Waals surface area (Å²) in [5.74, 6) is 0.395. The van der Waals surface area contributed by atoms with Crippen LogP contribution in [0.4, 0.5) is 0 Å². The van der Waals surface area contributed by atoms with Crippen LogP contribution in [0.3, 0.4) is 0 Å². The SMILES string of the molecule is Cc1cn([C@@H]2O[C@H](COCCOCCCl)[C@@H](O)[C@H]2O)c(=O)[nH]c1=O. The molecule has 0 spiro atoms. The summed E-state index contributed by atoms with van der Waals surface area (Å²) in [6, 6.07) is 0. The number of aliphatic hydroxyl groups is 2. The first-order valence-electron chi connectivity index (χ1n) is 7.50. The molecule has 0 aromatic carbocycles. The first kappa shape index (κ1) is 19.1. The lowest BCUT2D eigenvalue weighted by molar-refractivity contribution is -0.0735. The molecule has 3 N–H and O–H groups in total. The van der Waals surface area contributed by atoms with Crippen LogP contribution < -0.4 is 11.2 Å². The molecule has 136 valence electrons. The minimum atomic E-state index is -1.32. The van der Waals surface area contributed by atoms with Gasteiger partial charge in [-0.1, -0.05) is 0 Å². The van der Waals surface area contributed by atoms with Crippen molar-refractivity contribution in [1.29, 1.82) is 0 Å². The number of halogens is 1. The number of ether oxygens (including phenoxy) is 3. The van der Waals surface area contributed by atoms with E-state index in [0.717, 1.165) is 4.57 Å². The summed E-state index contributed by atoms with van der Waals surface area (Å²) >= 11 is 5.46. The van der Waals surface area contributed by atoms with E-state index in [1.807, 2.05) is 0 Å². The van der Waals surface area contributed by atoms with Crippen molar-refractivity contribution in [1.82, 2.24) is 9.55 Å². The molecule has 2 rings (SSSR count). The molecule has 24 heavy (non-hydrogen) atoms. The Morgan fingerprint density at radius 1 is 1.25 bits per heavy atom. The lowest BCUT2D eigenvalue weighted by atomic mass is 10.1. The van der Waals surface area contributed by atoms with Gasteiger partial charge in [0.25, 0.3) is 5.56 Å². The molecule has 10 heteroatoms. The molecule has 0 unspecified atom stereocenters. The number of nitrogens with zero attached hydrogens (tertiary/aromatic N) is 1. The molecule has 0 radical (unpaired) electrons. The number of nitrogens with one attached hydrogen (secondary N) is 1. The normalized spacial score (nSPS) is 26.8. The van der Waals surface area contributed by atoms with Gasteiger partial charge in [-0.2, -0.15) is 0 Å². The number of hydrogen-bond acceptors (Lipinski definition) is 7. The average molecular weight is 365 g/mol. The Kier molecular flexibility index (Phi) is 6.96. The Labute approximate surface area is 142 Å². The molecule has 1 aromatic heterocycles. The molecule has 1 fully saturated rings. The van der Waals surface area contributed by atoms with Crippen LogP contribution in [0, 0.1) is 6.92 Å². The third kappa shape index (κ3) is 4.44. The maximum Gasteiger partial charge on any atom is 0.330 e. The van der Waals surface area contributed by atoms with E-state index in [4.69, 9.17) is 25.8 Å². The Balaban J connectivity index is 1.96. The van der Waals surface area contributed by atoms with Crippen molar-refractivity contribution in [2.24, 2.45) is 0 Å². The summed E-state index contributed by atoms with van der Waals surface area (Å²) in [5, 5.41) is 20.2. The first-order valence-corrected chi connectivity index (χ1v) is 8.04. The van der Waals surface area contributed by atoms with E-state index in [1.54, 1.807) is 0 Å². The van der Waals surface area contributed by atoms with Gasteiger partial charge in [0.05, 0.1) is 26.4 Å². The van der Waals surface area contributed by atoms with Crippen LogP contribution in [0.5, 0.6) is 0 Å². The summed E-state index contributed by atoms with van der Waals surface area (Å²) in [6.07, 6.45) is -3.18. The van der Waals surface area contributed by atoms with Gasteiger partial charge in [-0.05, 0) is 6.92 Å². The highest BCUT2D eigenvalue weighted by Gasteiger charge is 2.44. The molecule has 2 heterocycles. The van der Waals surface area contributed by atoms with E-state index in [1.165, 1.54) is 13.1 Å². The minimum Gasteiger partial charge on any atom is -0.387 e. The molecule has 0 bridgehead atoms. The number of aromatic amines is 1. The molecule has 0 amide bonds. The molecule has 4 atom stereocenters. The van der Waals surface area contributed by atoms with E-state index in [9.17, 15) is 19.8 Å². The van der Waals surface area contributed by atoms with Crippen molar-refractivity contribution in [3.8, 4) is 0 Å². The fourth-order valence-corrected chi connectivity index (χ4v) is 2.45. The van der Waals surface area contributed by atoms with Crippen molar-refractivity contribution >= 4 is 11.6 Å². The minimum absolute atomic E-state index is 0.0239. The van der Waals surface area contributed by atoms with E-state index >= 15 is 0 Å². The quantitative estimate of drug-likeness (QED) is 0.388. The molecular formula is C14H21ClN2O7. The summed E-state index contributed by atoms with van der Waals surface area (Å²) in [5.41, 5.74) is -0.949. The van der Waals surface area contributed by atoms with Gasteiger partial charge in [0.15, 0.2) is 6.23 Å². The van der Waals surface area contributed by atoms with Crippen LogP contribution in [0.1, 0.15) is 11.8 Å². The zero-order chi connectivity index (χ0) is 17.7. The summed E-state index contributed by atoms with van der Waals surface area (Å²) in [6.45, 7) is 2.59. The lowest BCUT2D eigenvalue weighted by Crippen LogP contribution is -2.38. The third-order valence-electron chi connectivity index (χ3n) is 3.63. The number of aryl methyl sites for hydroxylation is 1. The lowest BCUT2D eigenvalue weighted by Gasteiger charge is -2.17. The van der Waals surface area contributed by atoms with Gasteiger partial charge in [-0.25, -0.2) is 4.79 Å². The van der Waals surface area contributed by atoms with Crippen molar-refractivity contribution in [3.05, 3.63) is 32.6 Å². The molecule has 9 nitrogen and oxygen atoms in total.